The number of nitrogens with zero attached hydrogens (tertiary/aromatic N) is 2. The molecule has 2 N–H and O–H groups in total. The van der Waals surface area contributed by atoms with Crippen LogP contribution in [-0.4, -0.2) is 66.6 Å². The molecule has 0 bridgehead atoms. The van der Waals surface area contributed by atoms with E-state index in [1.807, 2.05) is 0 Å². The Morgan fingerprint density at radius 3 is 1.60 bits per heavy atom. The van der Waals surface area contributed by atoms with Crippen LogP contribution in [0.4, 0.5) is 0 Å². The van der Waals surface area contributed by atoms with E-state index in [4.69, 9.17) is 10.2 Å². The van der Waals surface area contributed by atoms with Gasteiger partial charge in [-0.3, -0.25) is 0 Å². The van der Waals surface area contributed by atoms with E-state index in [1.54, 1.807) is 13.8 Å². The summed E-state index contributed by atoms with van der Waals surface area (Å²) >= 11 is 0. The Morgan fingerprint density at radius 1 is 0.933 bits per heavy atom. The molecule has 0 unspecified atom stereocenters. The van der Waals surface area contributed by atoms with Crippen LogP contribution in [0.15, 0.2) is 0 Å². The van der Waals surface area contributed by atoms with E-state index in [9.17, 15) is 8.42 Å². The molecule has 0 heterocycles. The van der Waals surface area contributed by atoms with Crippen molar-refractivity contribution in [3.8, 4) is 0 Å². The molecule has 0 aliphatic rings. The highest BCUT2D eigenvalue weighted by molar-refractivity contribution is 7.86. The van der Waals surface area contributed by atoms with Crippen LogP contribution in [0.1, 0.15) is 13.8 Å². The predicted octanol–water partition coefficient (Wildman–Crippen LogP) is -1.14. The van der Waals surface area contributed by atoms with E-state index < -0.39 is 10.2 Å². The van der Waals surface area contributed by atoms with Gasteiger partial charge in [0, 0.05) is 26.2 Å². The minimum absolute atomic E-state index is 0.0133. The molecule has 0 spiro atoms. The molecule has 0 atom stereocenters. The third-order valence-electron chi connectivity index (χ3n) is 2.06. The predicted molar refractivity (Wildman–Crippen MR) is 57.6 cm³/mol. The van der Waals surface area contributed by atoms with Crippen molar-refractivity contribution in [2.45, 2.75) is 13.8 Å². The third kappa shape index (κ3) is 4.04. The van der Waals surface area contributed by atoms with Crippen molar-refractivity contribution < 1.29 is 18.6 Å². The van der Waals surface area contributed by atoms with Gasteiger partial charge in [0.25, 0.3) is 10.2 Å². The molecule has 0 radical (unpaired) electrons. The molecular weight excluding hydrogens is 220 g/mol. The lowest BCUT2D eigenvalue weighted by Gasteiger charge is -2.27. The van der Waals surface area contributed by atoms with Gasteiger partial charge >= 0.3 is 0 Å². The average molecular weight is 240 g/mol. The normalized spacial score (nSPS) is 12.7. The smallest absolute Gasteiger partial charge is 0.282 e. The highest BCUT2D eigenvalue weighted by Crippen LogP contribution is 2.07. The number of hydrogen-bond donors (Lipinski definition) is 2. The highest BCUT2D eigenvalue weighted by atomic mass is 32.2. The first-order valence-electron chi connectivity index (χ1n) is 5.01. The standard InChI is InChI=1S/C8H20N2O4S/c1-3-9(4-2)15(13,14)10(5-7-11)6-8-12/h11-12H,3-8H2,1-2H3. The van der Waals surface area contributed by atoms with Crippen LogP contribution in [-0.2, 0) is 10.2 Å². The number of aliphatic hydroxyl groups is 2. The molecule has 0 aromatic rings. The molecule has 7 heteroatoms. The summed E-state index contributed by atoms with van der Waals surface area (Å²) in [7, 11) is -3.54. The van der Waals surface area contributed by atoms with E-state index in [0.29, 0.717) is 13.1 Å². The van der Waals surface area contributed by atoms with Crippen LogP contribution in [0.2, 0.25) is 0 Å². The molecule has 15 heavy (non-hydrogen) atoms. The monoisotopic (exact) mass is 240 g/mol. The summed E-state index contributed by atoms with van der Waals surface area (Å²) in [4.78, 5) is 0. The Balaban J connectivity index is 4.75. The summed E-state index contributed by atoms with van der Waals surface area (Å²) in [6, 6.07) is 0. The highest BCUT2D eigenvalue weighted by Gasteiger charge is 2.26. The lowest BCUT2D eigenvalue weighted by molar-refractivity contribution is 0.210. The second-order valence-electron chi connectivity index (χ2n) is 2.94. The molecule has 0 aliphatic heterocycles. The van der Waals surface area contributed by atoms with E-state index in [1.165, 1.54) is 4.31 Å². The Bertz CT molecular complexity index is 245. The maximum absolute atomic E-state index is 11.9. The van der Waals surface area contributed by atoms with E-state index in [0.717, 1.165) is 4.31 Å². The van der Waals surface area contributed by atoms with Crippen molar-refractivity contribution in [3.05, 3.63) is 0 Å². The largest absolute Gasteiger partial charge is 0.395 e. The van der Waals surface area contributed by atoms with Crippen LogP contribution in [0.5, 0.6) is 0 Å². The maximum Gasteiger partial charge on any atom is 0.282 e. The van der Waals surface area contributed by atoms with Crippen molar-refractivity contribution in [2.24, 2.45) is 0 Å². The SMILES string of the molecule is CCN(CC)S(=O)(=O)N(CCO)CCO. The molecular formula is C8H20N2O4S. The quantitative estimate of drug-likeness (QED) is 0.562. The Hall–Kier alpha value is -0.210. The van der Waals surface area contributed by atoms with E-state index >= 15 is 0 Å². The van der Waals surface area contributed by atoms with Crippen molar-refractivity contribution in [1.29, 1.82) is 0 Å². The lowest BCUT2D eigenvalue weighted by atomic mass is 10.6. The molecule has 0 saturated heterocycles. The number of rotatable bonds is 8. The summed E-state index contributed by atoms with van der Waals surface area (Å²) in [5.41, 5.74) is 0. The van der Waals surface area contributed by atoms with Gasteiger partial charge in [0.2, 0.25) is 0 Å². The van der Waals surface area contributed by atoms with E-state index in [2.05, 4.69) is 0 Å². The second-order valence-corrected chi connectivity index (χ2v) is 4.87. The molecule has 0 rings (SSSR count). The molecule has 6 nitrogen and oxygen atoms in total. The van der Waals surface area contributed by atoms with Crippen molar-refractivity contribution in [1.82, 2.24) is 8.61 Å². The minimum atomic E-state index is -3.54. The molecule has 0 aromatic carbocycles. The lowest BCUT2D eigenvalue weighted by Crippen LogP contribution is -2.45. The van der Waals surface area contributed by atoms with Gasteiger partial charge < -0.3 is 10.2 Å². The first-order valence-corrected chi connectivity index (χ1v) is 6.41. The van der Waals surface area contributed by atoms with Crippen LogP contribution >= 0.6 is 0 Å². The maximum atomic E-state index is 11.9. The van der Waals surface area contributed by atoms with Crippen molar-refractivity contribution >= 4 is 10.2 Å². The van der Waals surface area contributed by atoms with Gasteiger partial charge in [-0.1, -0.05) is 13.8 Å². The molecule has 0 fully saturated rings. The summed E-state index contributed by atoms with van der Waals surface area (Å²) in [5.74, 6) is 0. The molecule has 0 aromatic heterocycles. The van der Waals surface area contributed by atoms with Gasteiger partial charge in [-0.15, -0.1) is 0 Å². The fraction of sp³-hybridized carbons (Fsp3) is 1.00. The zero-order chi connectivity index (χ0) is 11.9. The van der Waals surface area contributed by atoms with Crippen LogP contribution in [0, 0.1) is 0 Å². The van der Waals surface area contributed by atoms with E-state index in [-0.39, 0.29) is 26.3 Å². The Morgan fingerprint density at radius 2 is 1.33 bits per heavy atom. The van der Waals surface area contributed by atoms with Gasteiger partial charge in [-0.2, -0.15) is 17.0 Å². The van der Waals surface area contributed by atoms with Crippen LogP contribution in [0.25, 0.3) is 0 Å². The van der Waals surface area contributed by atoms with Crippen LogP contribution < -0.4 is 0 Å². The van der Waals surface area contributed by atoms with Crippen molar-refractivity contribution in [2.75, 3.05) is 39.4 Å². The summed E-state index contributed by atoms with van der Waals surface area (Å²) in [5, 5.41) is 17.5. The zero-order valence-electron chi connectivity index (χ0n) is 9.26. The van der Waals surface area contributed by atoms with Gasteiger partial charge in [-0.05, 0) is 0 Å². The minimum Gasteiger partial charge on any atom is -0.395 e. The molecule has 0 amide bonds. The fourth-order valence-electron chi connectivity index (χ4n) is 1.28. The summed E-state index contributed by atoms with van der Waals surface area (Å²) in [6.45, 7) is 3.78. The fourth-order valence-corrected chi connectivity index (χ4v) is 2.88. The van der Waals surface area contributed by atoms with Crippen molar-refractivity contribution in [3.63, 3.8) is 0 Å². The molecule has 92 valence electrons. The van der Waals surface area contributed by atoms with Gasteiger partial charge in [0.05, 0.1) is 13.2 Å². The van der Waals surface area contributed by atoms with Gasteiger partial charge in [0.1, 0.15) is 0 Å². The molecule has 0 saturated carbocycles. The first kappa shape index (κ1) is 14.8. The van der Waals surface area contributed by atoms with Gasteiger partial charge in [0.15, 0.2) is 0 Å². The van der Waals surface area contributed by atoms with Gasteiger partial charge in [-0.25, -0.2) is 0 Å². The summed E-state index contributed by atoms with van der Waals surface area (Å²) in [6.07, 6.45) is 0. The average Bonchev–Trinajstić information content (AvgIpc) is 2.19. The second kappa shape index (κ2) is 7.13. The number of hydrogen-bond acceptors (Lipinski definition) is 4. The number of aliphatic hydroxyl groups excluding tert-OH is 2. The molecule has 0 aliphatic carbocycles. The van der Waals surface area contributed by atoms with Crippen LogP contribution in [0.3, 0.4) is 0 Å². The summed E-state index contributed by atoms with van der Waals surface area (Å²) < 4.78 is 26.2. The Labute approximate surface area is 91.3 Å². The Kier molecular flexibility index (Phi) is 7.03. The first-order chi connectivity index (χ1) is 7.04. The third-order valence-corrected chi connectivity index (χ3v) is 4.24. The topological polar surface area (TPSA) is 81.1 Å². The zero-order valence-corrected chi connectivity index (χ0v) is 10.1.